The van der Waals surface area contributed by atoms with Crippen molar-refractivity contribution < 1.29 is 4.39 Å². The number of rotatable bonds is 3. The minimum Gasteiger partial charge on any atom is -0.314 e. The van der Waals surface area contributed by atoms with Crippen molar-refractivity contribution in [1.82, 2.24) is 15.1 Å². The minimum atomic E-state index is -0.262. The Kier molecular flexibility index (Phi) is 3.59. The SMILES string of the molecule is CNCc1c(Br)c(-c2ccccc2F)nn1C. The largest absolute Gasteiger partial charge is 0.314 e. The average Bonchev–Trinajstić information content (AvgIpc) is 2.58. The van der Waals surface area contributed by atoms with Gasteiger partial charge < -0.3 is 5.32 Å². The Morgan fingerprint density at radius 3 is 2.76 bits per heavy atom. The highest BCUT2D eigenvalue weighted by atomic mass is 79.9. The Morgan fingerprint density at radius 2 is 2.12 bits per heavy atom. The molecule has 0 aliphatic rings. The van der Waals surface area contributed by atoms with Gasteiger partial charge in [-0.3, -0.25) is 4.68 Å². The molecule has 2 aromatic rings. The van der Waals surface area contributed by atoms with Crippen molar-refractivity contribution >= 4 is 15.9 Å². The number of nitrogens with zero attached hydrogens (tertiary/aromatic N) is 2. The molecule has 0 spiro atoms. The van der Waals surface area contributed by atoms with Crippen LogP contribution in [0.15, 0.2) is 28.7 Å². The van der Waals surface area contributed by atoms with E-state index < -0.39 is 0 Å². The highest BCUT2D eigenvalue weighted by Gasteiger charge is 2.16. The highest BCUT2D eigenvalue weighted by Crippen LogP contribution is 2.31. The molecule has 0 aliphatic heterocycles. The molecule has 5 heteroatoms. The molecule has 0 aliphatic carbocycles. The van der Waals surface area contributed by atoms with E-state index in [4.69, 9.17) is 0 Å². The first-order valence-electron chi connectivity index (χ1n) is 5.26. The predicted molar refractivity (Wildman–Crippen MR) is 69.1 cm³/mol. The fourth-order valence-electron chi connectivity index (χ4n) is 1.72. The summed E-state index contributed by atoms with van der Waals surface area (Å²) in [6.45, 7) is 0.679. The fourth-order valence-corrected chi connectivity index (χ4v) is 2.41. The van der Waals surface area contributed by atoms with E-state index in [1.807, 2.05) is 14.1 Å². The van der Waals surface area contributed by atoms with Gasteiger partial charge in [0.05, 0.1) is 10.2 Å². The number of aromatic nitrogens is 2. The van der Waals surface area contributed by atoms with Crippen LogP contribution in [0.2, 0.25) is 0 Å². The monoisotopic (exact) mass is 297 g/mol. The molecular formula is C12H13BrFN3. The smallest absolute Gasteiger partial charge is 0.132 e. The third-order valence-corrected chi connectivity index (χ3v) is 3.41. The molecule has 3 nitrogen and oxygen atoms in total. The Balaban J connectivity index is 2.54. The van der Waals surface area contributed by atoms with Crippen LogP contribution in [0.25, 0.3) is 11.3 Å². The molecule has 0 fully saturated rings. The second-order valence-corrected chi connectivity index (χ2v) is 4.54. The van der Waals surface area contributed by atoms with Crippen LogP contribution in [0.5, 0.6) is 0 Å². The maximum absolute atomic E-state index is 13.7. The molecule has 0 radical (unpaired) electrons. The highest BCUT2D eigenvalue weighted by molar-refractivity contribution is 9.10. The van der Waals surface area contributed by atoms with E-state index in [-0.39, 0.29) is 5.82 Å². The van der Waals surface area contributed by atoms with Crippen LogP contribution in [-0.4, -0.2) is 16.8 Å². The van der Waals surface area contributed by atoms with E-state index >= 15 is 0 Å². The number of hydrogen-bond donors (Lipinski definition) is 1. The number of halogens is 2. The summed E-state index contributed by atoms with van der Waals surface area (Å²) in [5.41, 5.74) is 2.14. The third-order valence-electron chi connectivity index (χ3n) is 2.58. The number of aryl methyl sites for hydroxylation is 1. The standard InChI is InChI=1S/C12H13BrFN3/c1-15-7-10-11(13)12(16-17(10)2)8-5-3-4-6-9(8)14/h3-6,15H,7H2,1-2H3. The first-order valence-corrected chi connectivity index (χ1v) is 6.05. The summed E-state index contributed by atoms with van der Waals surface area (Å²) < 4.78 is 16.3. The lowest BCUT2D eigenvalue weighted by Crippen LogP contribution is -2.10. The van der Waals surface area contributed by atoms with Gasteiger partial charge in [-0.2, -0.15) is 5.10 Å². The van der Waals surface area contributed by atoms with E-state index in [1.54, 1.807) is 22.9 Å². The molecule has 0 bridgehead atoms. The molecule has 1 aromatic heterocycles. The van der Waals surface area contributed by atoms with Crippen LogP contribution in [-0.2, 0) is 13.6 Å². The van der Waals surface area contributed by atoms with Gasteiger partial charge in [0, 0.05) is 19.2 Å². The Labute approximate surface area is 108 Å². The average molecular weight is 298 g/mol. The molecule has 90 valence electrons. The van der Waals surface area contributed by atoms with Crippen molar-refractivity contribution in [3.63, 3.8) is 0 Å². The molecule has 1 aromatic carbocycles. The maximum atomic E-state index is 13.7. The lowest BCUT2D eigenvalue weighted by molar-refractivity contribution is 0.629. The maximum Gasteiger partial charge on any atom is 0.132 e. The Morgan fingerprint density at radius 1 is 1.41 bits per heavy atom. The fraction of sp³-hybridized carbons (Fsp3) is 0.250. The van der Waals surface area contributed by atoms with Gasteiger partial charge >= 0.3 is 0 Å². The van der Waals surface area contributed by atoms with Gasteiger partial charge in [-0.15, -0.1) is 0 Å². The summed E-state index contributed by atoms with van der Waals surface area (Å²) >= 11 is 3.48. The van der Waals surface area contributed by atoms with Crippen LogP contribution in [0, 0.1) is 5.82 Å². The summed E-state index contributed by atoms with van der Waals surface area (Å²) in [6.07, 6.45) is 0. The summed E-state index contributed by atoms with van der Waals surface area (Å²) in [5, 5.41) is 7.41. The summed E-state index contributed by atoms with van der Waals surface area (Å²) in [4.78, 5) is 0. The van der Waals surface area contributed by atoms with E-state index in [0.717, 1.165) is 10.2 Å². The van der Waals surface area contributed by atoms with Gasteiger partial charge in [-0.25, -0.2) is 4.39 Å². The lowest BCUT2D eigenvalue weighted by Gasteiger charge is -2.01. The topological polar surface area (TPSA) is 29.9 Å². The van der Waals surface area contributed by atoms with E-state index in [9.17, 15) is 4.39 Å². The van der Waals surface area contributed by atoms with Crippen LogP contribution in [0.3, 0.4) is 0 Å². The number of benzene rings is 1. The van der Waals surface area contributed by atoms with Crippen LogP contribution < -0.4 is 5.32 Å². The van der Waals surface area contributed by atoms with Crippen LogP contribution >= 0.6 is 15.9 Å². The molecule has 1 N–H and O–H groups in total. The van der Waals surface area contributed by atoms with Crippen molar-refractivity contribution in [2.45, 2.75) is 6.54 Å². The number of hydrogen-bond acceptors (Lipinski definition) is 2. The van der Waals surface area contributed by atoms with Crippen molar-refractivity contribution in [1.29, 1.82) is 0 Å². The van der Waals surface area contributed by atoms with Gasteiger partial charge in [0.2, 0.25) is 0 Å². The zero-order chi connectivity index (χ0) is 12.4. The second kappa shape index (κ2) is 4.98. The molecule has 0 saturated carbocycles. The molecule has 0 atom stereocenters. The lowest BCUT2D eigenvalue weighted by atomic mass is 10.1. The molecule has 17 heavy (non-hydrogen) atoms. The molecule has 1 heterocycles. The summed E-state index contributed by atoms with van der Waals surface area (Å²) in [6, 6.07) is 6.64. The van der Waals surface area contributed by atoms with Crippen molar-refractivity contribution in [3.05, 3.63) is 40.2 Å². The molecule has 0 saturated heterocycles. The quantitative estimate of drug-likeness (QED) is 0.944. The van der Waals surface area contributed by atoms with Crippen LogP contribution in [0.4, 0.5) is 4.39 Å². The first kappa shape index (κ1) is 12.3. The third kappa shape index (κ3) is 2.25. The van der Waals surface area contributed by atoms with Crippen molar-refractivity contribution in [3.8, 4) is 11.3 Å². The zero-order valence-corrected chi connectivity index (χ0v) is 11.3. The first-order chi connectivity index (χ1) is 8.15. The van der Waals surface area contributed by atoms with Gasteiger partial charge in [-0.05, 0) is 35.1 Å². The summed E-state index contributed by atoms with van der Waals surface area (Å²) in [7, 11) is 3.71. The molecule has 0 amide bonds. The normalized spacial score (nSPS) is 10.8. The molecular weight excluding hydrogens is 285 g/mol. The second-order valence-electron chi connectivity index (χ2n) is 3.74. The van der Waals surface area contributed by atoms with Gasteiger partial charge in [0.25, 0.3) is 0 Å². The van der Waals surface area contributed by atoms with Crippen molar-refractivity contribution in [2.24, 2.45) is 7.05 Å². The Hall–Kier alpha value is -1.20. The van der Waals surface area contributed by atoms with Crippen LogP contribution in [0.1, 0.15) is 5.69 Å². The number of nitrogens with one attached hydrogen (secondary N) is 1. The van der Waals surface area contributed by atoms with Crippen molar-refractivity contribution in [2.75, 3.05) is 7.05 Å². The predicted octanol–water partition coefficient (Wildman–Crippen LogP) is 2.71. The van der Waals surface area contributed by atoms with E-state index in [0.29, 0.717) is 17.8 Å². The van der Waals surface area contributed by atoms with Gasteiger partial charge in [-0.1, -0.05) is 12.1 Å². The van der Waals surface area contributed by atoms with E-state index in [2.05, 4.69) is 26.3 Å². The van der Waals surface area contributed by atoms with Gasteiger partial charge in [0.15, 0.2) is 0 Å². The van der Waals surface area contributed by atoms with E-state index in [1.165, 1.54) is 6.07 Å². The minimum absolute atomic E-state index is 0.262. The summed E-state index contributed by atoms with van der Waals surface area (Å²) in [5.74, 6) is -0.262. The molecule has 2 rings (SSSR count). The Bertz CT molecular complexity index is 537. The molecule has 0 unspecified atom stereocenters. The van der Waals surface area contributed by atoms with Gasteiger partial charge in [0.1, 0.15) is 11.5 Å². The zero-order valence-electron chi connectivity index (χ0n) is 9.67.